The molecule has 1 fully saturated rings. The van der Waals surface area contributed by atoms with Crippen molar-refractivity contribution in [2.24, 2.45) is 0 Å². The number of hydrogen-bond acceptors (Lipinski definition) is 7. The van der Waals surface area contributed by atoms with E-state index >= 15 is 0 Å². The zero-order chi connectivity index (χ0) is 21.1. The van der Waals surface area contributed by atoms with E-state index in [2.05, 4.69) is 10.1 Å². The van der Waals surface area contributed by atoms with Gasteiger partial charge in [0.15, 0.2) is 17.3 Å². The van der Waals surface area contributed by atoms with E-state index < -0.39 is 0 Å². The number of benzene rings is 2. The van der Waals surface area contributed by atoms with Gasteiger partial charge in [-0.1, -0.05) is 17.3 Å². The average Bonchev–Trinajstić information content (AvgIpc) is 3.41. The number of carbonyl (C=O) groups excluding carboxylic acids is 1. The van der Waals surface area contributed by atoms with E-state index in [1.54, 1.807) is 31.3 Å². The normalized spacial score (nSPS) is 16.0. The minimum absolute atomic E-state index is 0.00428. The van der Waals surface area contributed by atoms with Crippen LogP contribution >= 0.6 is 0 Å². The van der Waals surface area contributed by atoms with Crippen LogP contribution in [-0.2, 0) is 4.79 Å². The van der Waals surface area contributed by atoms with Crippen molar-refractivity contribution >= 4 is 11.6 Å². The SMILES string of the molecule is CCOc1ccccc1N1CC(c2noc(-c3ccc(OC)c(OC)c3)n2)CC1=O. The Kier molecular flexibility index (Phi) is 5.56. The Labute approximate surface area is 174 Å². The molecule has 1 aromatic heterocycles. The molecule has 0 radical (unpaired) electrons. The summed E-state index contributed by atoms with van der Waals surface area (Å²) < 4.78 is 21.7. The number of rotatable bonds is 7. The number of ether oxygens (including phenoxy) is 3. The number of amides is 1. The zero-order valence-electron chi connectivity index (χ0n) is 17.1. The lowest BCUT2D eigenvalue weighted by atomic mass is 10.1. The molecular weight excluding hydrogens is 386 g/mol. The number of methoxy groups -OCH3 is 2. The lowest BCUT2D eigenvalue weighted by Gasteiger charge is -2.19. The first kappa shape index (κ1) is 19.8. The Morgan fingerprint density at radius 1 is 1.10 bits per heavy atom. The molecule has 156 valence electrons. The molecule has 0 spiro atoms. The van der Waals surface area contributed by atoms with Crippen LogP contribution < -0.4 is 19.1 Å². The Hall–Kier alpha value is -3.55. The van der Waals surface area contributed by atoms with Gasteiger partial charge in [0, 0.05) is 24.4 Å². The Balaban J connectivity index is 1.56. The van der Waals surface area contributed by atoms with Crippen molar-refractivity contribution in [1.29, 1.82) is 0 Å². The predicted molar refractivity (Wildman–Crippen MR) is 110 cm³/mol. The van der Waals surface area contributed by atoms with Crippen LogP contribution in [0.5, 0.6) is 17.2 Å². The summed E-state index contributed by atoms with van der Waals surface area (Å²) in [4.78, 5) is 19.0. The summed E-state index contributed by atoms with van der Waals surface area (Å²) in [5.74, 6) is 2.59. The summed E-state index contributed by atoms with van der Waals surface area (Å²) in [5.41, 5.74) is 1.48. The monoisotopic (exact) mass is 409 g/mol. The van der Waals surface area contributed by atoms with Gasteiger partial charge >= 0.3 is 0 Å². The maximum atomic E-state index is 12.7. The highest BCUT2D eigenvalue weighted by Crippen LogP contribution is 2.37. The molecule has 1 aliphatic heterocycles. The molecule has 1 aliphatic rings. The summed E-state index contributed by atoms with van der Waals surface area (Å²) in [6.07, 6.45) is 0.311. The van der Waals surface area contributed by atoms with E-state index in [-0.39, 0.29) is 11.8 Å². The molecule has 2 aromatic carbocycles. The molecule has 8 heteroatoms. The Morgan fingerprint density at radius 2 is 1.90 bits per heavy atom. The molecular formula is C22H23N3O5. The number of carbonyl (C=O) groups is 1. The fourth-order valence-corrected chi connectivity index (χ4v) is 3.56. The first-order valence-electron chi connectivity index (χ1n) is 9.72. The van der Waals surface area contributed by atoms with Gasteiger partial charge in [0.25, 0.3) is 5.89 Å². The molecule has 0 saturated carbocycles. The first-order valence-corrected chi connectivity index (χ1v) is 9.72. The van der Waals surface area contributed by atoms with Crippen LogP contribution in [0.3, 0.4) is 0 Å². The number of hydrogen-bond donors (Lipinski definition) is 0. The largest absolute Gasteiger partial charge is 0.493 e. The summed E-state index contributed by atoms with van der Waals surface area (Å²) in [6.45, 7) is 2.91. The second-order valence-electron chi connectivity index (χ2n) is 6.83. The standard InChI is InChI=1S/C22H23N3O5/c1-4-29-17-8-6-5-7-16(17)25-13-15(12-20(25)26)21-23-22(30-24-21)14-9-10-18(27-2)19(11-14)28-3/h5-11,15H,4,12-13H2,1-3H3. The fourth-order valence-electron chi connectivity index (χ4n) is 3.56. The summed E-state index contributed by atoms with van der Waals surface area (Å²) >= 11 is 0. The van der Waals surface area contributed by atoms with Crippen LogP contribution in [-0.4, -0.2) is 43.4 Å². The van der Waals surface area contributed by atoms with E-state index in [0.29, 0.717) is 54.1 Å². The summed E-state index contributed by atoms with van der Waals surface area (Å²) in [6, 6.07) is 12.9. The number of nitrogens with zero attached hydrogens (tertiary/aromatic N) is 3. The lowest BCUT2D eigenvalue weighted by molar-refractivity contribution is -0.117. The van der Waals surface area contributed by atoms with Crippen LogP contribution in [0.15, 0.2) is 47.0 Å². The molecule has 0 N–H and O–H groups in total. The van der Waals surface area contributed by atoms with Gasteiger partial charge in [-0.2, -0.15) is 4.98 Å². The second-order valence-corrected chi connectivity index (χ2v) is 6.83. The third-order valence-electron chi connectivity index (χ3n) is 5.02. The van der Waals surface area contributed by atoms with E-state index in [1.165, 1.54) is 0 Å². The highest BCUT2D eigenvalue weighted by molar-refractivity contribution is 5.97. The van der Waals surface area contributed by atoms with Gasteiger partial charge in [0.2, 0.25) is 5.91 Å². The number of para-hydroxylation sites is 2. The summed E-state index contributed by atoms with van der Waals surface area (Å²) in [5, 5.41) is 4.13. The topological polar surface area (TPSA) is 86.9 Å². The van der Waals surface area contributed by atoms with Gasteiger partial charge in [-0.15, -0.1) is 0 Å². The maximum absolute atomic E-state index is 12.7. The van der Waals surface area contributed by atoms with Crippen LogP contribution in [0.25, 0.3) is 11.5 Å². The van der Waals surface area contributed by atoms with Crippen LogP contribution in [0, 0.1) is 0 Å². The fraction of sp³-hybridized carbons (Fsp3) is 0.318. The average molecular weight is 409 g/mol. The molecule has 4 rings (SSSR count). The van der Waals surface area contributed by atoms with Crippen molar-refractivity contribution < 1.29 is 23.5 Å². The second kappa shape index (κ2) is 8.44. The molecule has 2 heterocycles. The maximum Gasteiger partial charge on any atom is 0.258 e. The van der Waals surface area contributed by atoms with Gasteiger partial charge in [0.1, 0.15) is 5.75 Å². The van der Waals surface area contributed by atoms with Gasteiger partial charge < -0.3 is 23.6 Å². The van der Waals surface area contributed by atoms with E-state index in [1.807, 2.05) is 37.3 Å². The molecule has 1 saturated heterocycles. The molecule has 1 unspecified atom stereocenters. The molecule has 1 atom stereocenters. The van der Waals surface area contributed by atoms with Crippen molar-refractivity contribution in [3.63, 3.8) is 0 Å². The summed E-state index contributed by atoms with van der Waals surface area (Å²) in [7, 11) is 3.15. The third-order valence-corrected chi connectivity index (χ3v) is 5.02. The first-order chi connectivity index (χ1) is 14.6. The molecule has 0 bridgehead atoms. The molecule has 30 heavy (non-hydrogen) atoms. The van der Waals surface area contributed by atoms with Crippen LogP contribution in [0.1, 0.15) is 25.1 Å². The molecule has 1 amide bonds. The molecule has 8 nitrogen and oxygen atoms in total. The van der Waals surface area contributed by atoms with E-state index in [4.69, 9.17) is 18.7 Å². The van der Waals surface area contributed by atoms with Crippen molar-refractivity contribution in [3.8, 4) is 28.7 Å². The van der Waals surface area contributed by atoms with Crippen LogP contribution in [0.2, 0.25) is 0 Å². The Bertz CT molecular complexity index is 1050. The van der Waals surface area contributed by atoms with Gasteiger partial charge in [0.05, 0.1) is 26.5 Å². The number of aromatic nitrogens is 2. The minimum Gasteiger partial charge on any atom is -0.493 e. The van der Waals surface area contributed by atoms with Gasteiger partial charge in [-0.3, -0.25) is 4.79 Å². The van der Waals surface area contributed by atoms with Gasteiger partial charge in [-0.25, -0.2) is 0 Å². The third kappa shape index (κ3) is 3.68. The minimum atomic E-state index is -0.162. The highest BCUT2D eigenvalue weighted by atomic mass is 16.5. The van der Waals surface area contributed by atoms with E-state index in [9.17, 15) is 4.79 Å². The van der Waals surface area contributed by atoms with Crippen LogP contribution in [0.4, 0.5) is 5.69 Å². The van der Waals surface area contributed by atoms with Gasteiger partial charge in [-0.05, 0) is 37.3 Å². The van der Waals surface area contributed by atoms with Crippen molar-refractivity contribution in [3.05, 3.63) is 48.3 Å². The lowest BCUT2D eigenvalue weighted by Crippen LogP contribution is -2.25. The zero-order valence-corrected chi connectivity index (χ0v) is 17.1. The van der Waals surface area contributed by atoms with Crippen molar-refractivity contribution in [2.45, 2.75) is 19.3 Å². The van der Waals surface area contributed by atoms with Crippen molar-refractivity contribution in [2.75, 3.05) is 32.3 Å². The molecule has 0 aliphatic carbocycles. The Morgan fingerprint density at radius 3 is 2.67 bits per heavy atom. The van der Waals surface area contributed by atoms with Crippen molar-refractivity contribution in [1.82, 2.24) is 10.1 Å². The quantitative estimate of drug-likeness (QED) is 0.588. The smallest absolute Gasteiger partial charge is 0.258 e. The van der Waals surface area contributed by atoms with E-state index in [0.717, 1.165) is 5.69 Å². The predicted octanol–water partition coefficient (Wildman–Crippen LogP) is 3.67. The highest BCUT2D eigenvalue weighted by Gasteiger charge is 2.35. The number of anilines is 1. The molecule has 3 aromatic rings.